The van der Waals surface area contributed by atoms with Crippen molar-refractivity contribution in [1.29, 1.82) is 0 Å². The van der Waals surface area contributed by atoms with E-state index < -0.39 is 0 Å². The molecule has 0 bridgehead atoms. The Bertz CT molecular complexity index is 466. The average molecular weight is 308 g/mol. The molecule has 0 aliphatic carbocycles. The van der Waals surface area contributed by atoms with Gasteiger partial charge in [0, 0.05) is 38.6 Å². The van der Waals surface area contributed by atoms with Crippen molar-refractivity contribution < 1.29 is 9.42 Å². The van der Waals surface area contributed by atoms with Crippen LogP contribution in [0, 0.1) is 12.8 Å². The quantitative estimate of drug-likeness (QED) is 0.773. The Labute approximate surface area is 132 Å². The first-order valence-corrected chi connectivity index (χ1v) is 8.44. The van der Waals surface area contributed by atoms with Crippen LogP contribution in [0.15, 0.2) is 4.63 Å². The van der Waals surface area contributed by atoms with Crippen molar-refractivity contribution in [2.45, 2.75) is 53.0 Å². The molecule has 6 heteroatoms. The van der Waals surface area contributed by atoms with Crippen molar-refractivity contribution in [3.8, 4) is 0 Å². The lowest BCUT2D eigenvalue weighted by Gasteiger charge is -2.36. The summed E-state index contributed by atoms with van der Waals surface area (Å²) in [5.41, 5.74) is 1.75. The van der Waals surface area contributed by atoms with Gasteiger partial charge in [-0.3, -0.25) is 9.69 Å². The average Bonchev–Trinajstić information content (AvgIpc) is 2.94. The molecule has 1 amide bonds. The molecule has 1 aromatic heterocycles. The molecule has 6 nitrogen and oxygen atoms in total. The van der Waals surface area contributed by atoms with Gasteiger partial charge in [-0.05, 0) is 19.8 Å². The van der Waals surface area contributed by atoms with Crippen LogP contribution in [0.4, 0.5) is 0 Å². The number of hydrogen-bond acceptors (Lipinski definition) is 5. The highest BCUT2D eigenvalue weighted by molar-refractivity contribution is 5.78. The molecule has 22 heavy (non-hydrogen) atoms. The van der Waals surface area contributed by atoms with Crippen LogP contribution in [0.25, 0.3) is 0 Å². The zero-order valence-corrected chi connectivity index (χ0v) is 14.0. The van der Waals surface area contributed by atoms with Gasteiger partial charge in [-0.2, -0.15) is 0 Å². The van der Waals surface area contributed by atoms with E-state index in [0.717, 1.165) is 69.8 Å². The van der Waals surface area contributed by atoms with Gasteiger partial charge in [-0.1, -0.05) is 37.0 Å². The third-order valence-electron chi connectivity index (χ3n) is 4.55. The number of rotatable bonds is 7. The molecule has 0 aromatic carbocycles. The Kier molecular flexibility index (Phi) is 6.36. The van der Waals surface area contributed by atoms with Gasteiger partial charge in [0.15, 0.2) is 0 Å². The second kappa shape index (κ2) is 8.27. The summed E-state index contributed by atoms with van der Waals surface area (Å²) in [5.74, 6) is 0.545. The summed E-state index contributed by atoms with van der Waals surface area (Å²) in [6.45, 7) is 10.4. The Morgan fingerprint density at radius 3 is 2.50 bits per heavy atom. The highest BCUT2D eigenvalue weighted by Crippen LogP contribution is 2.18. The van der Waals surface area contributed by atoms with Crippen LogP contribution < -0.4 is 0 Å². The van der Waals surface area contributed by atoms with E-state index >= 15 is 0 Å². The molecule has 0 radical (unpaired) electrons. The molecule has 1 fully saturated rings. The maximum absolute atomic E-state index is 12.6. The van der Waals surface area contributed by atoms with Gasteiger partial charge in [0.25, 0.3) is 0 Å². The Hall–Kier alpha value is -1.43. The molecule has 124 valence electrons. The van der Waals surface area contributed by atoms with Crippen molar-refractivity contribution in [1.82, 2.24) is 20.1 Å². The Morgan fingerprint density at radius 2 is 1.95 bits per heavy atom. The van der Waals surface area contributed by atoms with Crippen LogP contribution in [-0.2, 0) is 11.3 Å². The molecule has 1 aliphatic heterocycles. The molecule has 1 aromatic rings. The summed E-state index contributed by atoms with van der Waals surface area (Å²) in [6.07, 6.45) is 4.27. The highest BCUT2D eigenvalue weighted by atomic mass is 16.6. The SMILES string of the molecule is CCCCC(CC)C(=O)N1CCN(Cc2nonc2C)CC1. The summed E-state index contributed by atoms with van der Waals surface area (Å²) in [4.78, 5) is 16.9. The van der Waals surface area contributed by atoms with Gasteiger partial charge in [0.1, 0.15) is 11.4 Å². The summed E-state index contributed by atoms with van der Waals surface area (Å²) < 4.78 is 4.74. The molecule has 1 unspecified atom stereocenters. The van der Waals surface area contributed by atoms with E-state index in [-0.39, 0.29) is 5.92 Å². The van der Waals surface area contributed by atoms with E-state index in [0.29, 0.717) is 5.91 Å². The Morgan fingerprint density at radius 1 is 1.23 bits per heavy atom. The minimum atomic E-state index is 0.202. The molecular weight excluding hydrogens is 280 g/mol. The number of carbonyl (C=O) groups is 1. The lowest BCUT2D eigenvalue weighted by Crippen LogP contribution is -2.50. The number of aryl methyl sites for hydroxylation is 1. The van der Waals surface area contributed by atoms with E-state index in [4.69, 9.17) is 4.63 Å². The first-order valence-electron chi connectivity index (χ1n) is 8.44. The van der Waals surface area contributed by atoms with Crippen molar-refractivity contribution >= 4 is 5.91 Å². The van der Waals surface area contributed by atoms with Crippen LogP contribution in [0.2, 0.25) is 0 Å². The molecule has 0 saturated carbocycles. The topological polar surface area (TPSA) is 62.5 Å². The van der Waals surface area contributed by atoms with Crippen molar-refractivity contribution in [2.75, 3.05) is 26.2 Å². The minimum Gasteiger partial charge on any atom is -0.340 e. The number of aromatic nitrogens is 2. The first-order chi connectivity index (χ1) is 10.7. The number of carbonyl (C=O) groups excluding carboxylic acids is 1. The predicted octanol–water partition coefficient (Wildman–Crippen LogP) is 2.24. The molecule has 2 rings (SSSR count). The van der Waals surface area contributed by atoms with Gasteiger partial charge < -0.3 is 4.90 Å². The van der Waals surface area contributed by atoms with Crippen molar-refractivity contribution in [2.24, 2.45) is 5.92 Å². The van der Waals surface area contributed by atoms with Crippen LogP contribution in [-0.4, -0.2) is 52.2 Å². The highest BCUT2D eigenvalue weighted by Gasteiger charge is 2.26. The van der Waals surface area contributed by atoms with Crippen LogP contribution in [0.5, 0.6) is 0 Å². The van der Waals surface area contributed by atoms with Crippen LogP contribution in [0.3, 0.4) is 0 Å². The largest absolute Gasteiger partial charge is 0.340 e. The third-order valence-corrected chi connectivity index (χ3v) is 4.55. The maximum Gasteiger partial charge on any atom is 0.225 e. The standard InChI is InChI=1S/C16H28N4O2/c1-4-6-7-14(5-2)16(21)20-10-8-19(9-11-20)12-15-13(3)17-22-18-15/h14H,4-12H2,1-3H3. The molecule has 1 saturated heterocycles. The number of amides is 1. The van der Waals surface area contributed by atoms with E-state index in [9.17, 15) is 4.79 Å². The smallest absolute Gasteiger partial charge is 0.225 e. The van der Waals surface area contributed by atoms with Gasteiger partial charge in [-0.25, -0.2) is 4.63 Å². The number of hydrogen-bond donors (Lipinski definition) is 0. The van der Waals surface area contributed by atoms with E-state index in [1.54, 1.807) is 0 Å². The molecule has 1 aliphatic rings. The second-order valence-corrected chi connectivity index (χ2v) is 6.15. The van der Waals surface area contributed by atoms with E-state index in [1.807, 2.05) is 11.8 Å². The van der Waals surface area contributed by atoms with Crippen molar-refractivity contribution in [3.63, 3.8) is 0 Å². The lowest BCUT2D eigenvalue weighted by atomic mass is 9.97. The van der Waals surface area contributed by atoms with E-state index in [1.165, 1.54) is 0 Å². The van der Waals surface area contributed by atoms with Crippen LogP contribution in [0.1, 0.15) is 50.9 Å². The third kappa shape index (κ3) is 4.29. The molecular formula is C16H28N4O2. The van der Waals surface area contributed by atoms with Gasteiger partial charge >= 0.3 is 0 Å². The predicted molar refractivity (Wildman–Crippen MR) is 84.2 cm³/mol. The molecule has 0 N–H and O–H groups in total. The number of unbranched alkanes of at least 4 members (excludes halogenated alkanes) is 1. The molecule has 2 heterocycles. The van der Waals surface area contributed by atoms with Crippen LogP contribution >= 0.6 is 0 Å². The number of nitrogens with zero attached hydrogens (tertiary/aromatic N) is 4. The summed E-state index contributed by atoms with van der Waals surface area (Å²) in [5, 5.41) is 7.74. The monoisotopic (exact) mass is 308 g/mol. The number of piperazine rings is 1. The maximum atomic E-state index is 12.6. The fourth-order valence-electron chi connectivity index (χ4n) is 2.94. The second-order valence-electron chi connectivity index (χ2n) is 6.15. The normalized spacial score (nSPS) is 17.7. The van der Waals surface area contributed by atoms with Crippen molar-refractivity contribution in [3.05, 3.63) is 11.4 Å². The lowest BCUT2D eigenvalue weighted by molar-refractivity contribution is -0.137. The van der Waals surface area contributed by atoms with Gasteiger partial charge in [0.2, 0.25) is 5.91 Å². The summed E-state index contributed by atoms with van der Waals surface area (Å²) in [7, 11) is 0. The zero-order valence-electron chi connectivity index (χ0n) is 14.0. The fourth-order valence-corrected chi connectivity index (χ4v) is 2.94. The fraction of sp³-hybridized carbons (Fsp3) is 0.812. The van der Waals surface area contributed by atoms with Gasteiger partial charge in [0.05, 0.1) is 0 Å². The zero-order chi connectivity index (χ0) is 15.9. The van der Waals surface area contributed by atoms with E-state index in [2.05, 4.69) is 29.1 Å². The molecule has 0 spiro atoms. The Balaban J connectivity index is 1.81. The molecule has 1 atom stereocenters. The van der Waals surface area contributed by atoms with Gasteiger partial charge in [-0.15, -0.1) is 0 Å². The minimum absolute atomic E-state index is 0.202. The summed E-state index contributed by atoms with van der Waals surface area (Å²) >= 11 is 0. The first kappa shape index (κ1) is 16.9. The summed E-state index contributed by atoms with van der Waals surface area (Å²) in [6, 6.07) is 0.